The first-order chi connectivity index (χ1) is 13.9. The van der Waals surface area contributed by atoms with Crippen LogP contribution in [-0.4, -0.2) is 31.7 Å². The largest absolute Gasteiger partial charge is 0.348 e. The van der Waals surface area contributed by atoms with Gasteiger partial charge in [-0.25, -0.2) is 22.2 Å². The highest BCUT2D eigenvalue weighted by Gasteiger charge is 2.35. The van der Waals surface area contributed by atoms with E-state index in [1.807, 2.05) is 28.5 Å². The van der Waals surface area contributed by atoms with E-state index < -0.39 is 31.6 Å². The van der Waals surface area contributed by atoms with E-state index >= 15 is 0 Å². The van der Waals surface area contributed by atoms with Crippen LogP contribution in [0.4, 0.5) is 13.9 Å². The smallest absolute Gasteiger partial charge is 0.187 e. The van der Waals surface area contributed by atoms with Gasteiger partial charge in [0.15, 0.2) is 15.0 Å². The van der Waals surface area contributed by atoms with E-state index in [1.54, 1.807) is 0 Å². The first-order valence-corrected chi connectivity index (χ1v) is 11.8. The molecular formula is C21H20F2N2O2S2. The molecule has 1 aliphatic heterocycles. The molecule has 0 aliphatic carbocycles. The molecule has 0 amide bonds. The first-order valence-electron chi connectivity index (χ1n) is 9.36. The maximum atomic E-state index is 14.0. The lowest BCUT2D eigenvalue weighted by molar-refractivity contribution is 0.497. The maximum absolute atomic E-state index is 14.0. The van der Waals surface area contributed by atoms with Crippen LogP contribution in [0.15, 0.2) is 58.8 Å². The molecule has 1 fully saturated rings. The van der Waals surface area contributed by atoms with E-state index in [9.17, 15) is 17.2 Å². The molecule has 1 saturated heterocycles. The van der Waals surface area contributed by atoms with Gasteiger partial charge in [-0.15, -0.1) is 11.3 Å². The standard InChI is InChI=1S/C21H20F2N2O2S2/c22-18-7-4-8-19(23)20(18)29(26,27)17-9-11-25(12-10-17)21-24-16(14-28-21)13-15-5-2-1-3-6-15/h1-8,14,17H,9-13H2. The van der Waals surface area contributed by atoms with Gasteiger partial charge in [0.2, 0.25) is 0 Å². The number of aromatic nitrogens is 1. The summed E-state index contributed by atoms with van der Waals surface area (Å²) < 4.78 is 53.5. The number of rotatable bonds is 5. The van der Waals surface area contributed by atoms with Crippen LogP contribution >= 0.6 is 11.3 Å². The second-order valence-corrected chi connectivity index (χ2v) is 10.1. The van der Waals surface area contributed by atoms with Crippen LogP contribution in [0.2, 0.25) is 0 Å². The predicted molar refractivity (Wildman–Crippen MR) is 110 cm³/mol. The van der Waals surface area contributed by atoms with Gasteiger partial charge in [-0.2, -0.15) is 0 Å². The molecule has 1 aromatic heterocycles. The molecule has 0 bridgehead atoms. The highest BCUT2D eigenvalue weighted by molar-refractivity contribution is 7.92. The summed E-state index contributed by atoms with van der Waals surface area (Å²) in [6.45, 7) is 0.969. The van der Waals surface area contributed by atoms with Gasteiger partial charge in [0.1, 0.15) is 16.5 Å². The minimum Gasteiger partial charge on any atom is -0.348 e. The minimum atomic E-state index is -4.06. The van der Waals surface area contributed by atoms with Crippen LogP contribution in [-0.2, 0) is 16.3 Å². The quantitative estimate of drug-likeness (QED) is 0.595. The van der Waals surface area contributed by atoms with Gasteiger partial charge < -0.3 is 4.90 Å². The summed E-state index contributed by atoms with van der Waals surface area (Å²) in [5.74, 6) is -2.06. The molecule has 2 aromatic carbocycles. The second-order valence-electron chi connectivity index (χ2n) is 7.07. The van der Waals surface area contributed by atoms with Crippen molar-refractivity contribution >= 4 is 26.3 Å². The molecule has 0 N–H and O–H groups in total. The fourth-order valence-electron chi connectivity index (χ4n) is 3.61. The molecule has 2 heterocycles. The van der Waals surface area contributed by atoms with Crippen molar-refractivity contribution in [1.29, 1.82) is 0 Å². The zero-order valence-corrected chi connectivity index (χ0v) is 17.2. The van der Waals surface area contributed by atoms with Gasteiger partial charge in [0.05, 0.1) is 10.9 Å². The van der Waals surface area contributed by atoms with Crippen LogP contribution in [0.3, 0.4) is 0 Å². The van der Waals surface area contributed by atoms with Crippen LogP contribution < -0.4 is 4.90 Å². The van der Waals surface area contributed by atoms with Crippen molar-refractivity contribution in [3.05, 3.63) is 76.8 Å². The predicted octanol–water partition coefficient (Wildman–Crippen LogP) is 4.45. The van der Waals surface area contributed by atoms with Crippen LogP contribution in [0.25, 0.3) is 0 Å². The van der Waals surface area contributed by atoms with Gasteiger partial charge >= 0.3 is 0 Å². The molecule has 0 unspecified atom stereocenters. The fraction of sp³-hybridized carbons (Fsp3) is 0.286. The Hall–Kier alpha value is -2.32. The number of hydrogen-bond donors (Lipinski definition) is 0. The Morgan fingerprint density at radius 2 is 1.66 bits per heavy atom. The highest BCUT2D eigenvalue weighted by Crippen LogP contribution is 2.31. The Morgan fingerprint density at radius 1 is 1.00 bits per heavy atom. The zero-order valence-electron chi connectivity index (χ0n) is 15.6. The molecule has 3 aromatic rings. The number of sulfone groups is 1. The summed E-state index contributed by atoms with van der Waals surface area (Å²) in [7, 11) is -4.06. The average Bonchev–Trinajstić information content (AvgIpc) is 3.17. The Balaban J connectivity index is 1.43. The number of thiazole rings is 1. The number of hydrogen-bond acceptors (Lipinski definition) is 5. The van der Waals surface area contributed by atoms with Crippen molar-refractivity contribution in [3.63, 3.8) is 0 Å². The highest BCUT2D eigenvalue weighted by atomic mass is 32.2. The molecule has 0 spiro atoms. The van der Waals surface area contributed by atoms with Gasteiger partial charge in [-0.1, -0.05) is 36.4 Å². The average molecular weight is 435 g/mol. The summed E-state index contributed by atoms with van der Waals surface area (Å²) >= 11 is 1.53. The molecule has 8 heteroatoms. The molecule has 0 atom stereocenters. The van der Waals surface area contributed by atoms with Crippen molar-refractivity contribution in [1.82, 2.24) is 4.98 Å². The molecule has 4 rings (SSSR count). The van der Waals surface area contributed by atoms with Crippen LogP contribution in [0.1, 0.15) is 24.1 Å². The molecule has 0 saturated carbocycles. The van der Waals surface area contributed by atoms with Gasteiger partial charge in [0, 0.05) is 24.9 Å². The SMILES string of the molecule is O=S(=O)(c1c(F)cccc1F)C1CCN(c2nc(Cc3ccccc3)cs2)CC1. The first kappa shape index (κ1) is 20.0. The van der Waals surface area contributed by atoms with Crippen molar-refractivity contribution in [3.8, 4) is 0 Å². The monoisotopic (exact) mass is 434 g/mol. The third-order valence-corrected chi connectivity index (χ3v) is 8.38. The van der Waals surface area contributed by atoms with Crippen LogP contribution in [0.5, 0.6) is 0 Å². The number of halogens is 2. The Labute approximate surface area is 172 Å². The van der Waals surface area contributed by atoms with Gasteiger partial charge in [-0.05, 0) is 30.5 Å². The van der Waals surface area contributed by atoms with Crippen molar-refractivity contribution < 1.29 is 17.2 Å². The van der Waals surface area contributed by atoms with Crippen molar-refractivity contribution in [2.45, 2.75) is 29.4 Å². The number of benzene rings is 2. The molecule has 1 aliphatic rings. The molecule has 152 valence electrons. The Kier molecular flexibility index (Phi) is 5.65. The summed E-state index contributed by atoms with van der Waals surface area (Å²) in [6, 6.07) is 13.2. The minimum absolute atomic E-state index is 0.309. The number of piperidine rings is 1. The van der Waals surface area contributed by atoms with E-state index in [2.05, 4.69) is 17.1 Å². The third-order valence-electron chi connectivity index (χ3n) is 5.12. The molecule has 4 nitrogen and oxygen atoms in total. The van der Waals surface area contributed by atoms with E-state index in [1.165, 1.54) is 23.0 Å². The Bertz CT molecular complexity index is 1070. The molecule has 0 radical (unpaired) electrons. The van der Waals surface area contributed by atoms with Crippen molar-refractivity contribution in [2.24, 2.45) is 0 Å². The Morgan fingerprint density at radius 3 is 2.31 bits per heavy atom. The maximum Gasteiger partial charge on any atom is 0.187 e. The van der Waals surface area contributed by atoms with Crippen LogP contribution in [0, 0.1) is 11.6 Å². The lowest BCUT2D eigenvalue weighted by Gasteiger charge is -2.31. The number of nitrogens with zero attached hydrogens (tertiary/aromatic N) is 2. The summed E-state index contributed by atoms with van der Waals surface area (Å²) in [5.41, 5.74) is 2.15. The van der Waals surface area contributed by atoms with E-state index in [0.29, 0.717) is 25.9 Å². The lowest BCUT2D eigenvalue weighted by atomic mass is 10.1. The van der Waals surface area contributed by atoms with E-state index in [4.69, 9.17) is 0 Å². The zero-order chi connectivity index (χ0) is 20.4. The van der Waals surface area contributed by atoms with E-state index in [-0.39, 0.29) is 0 Å². The topological polar surface area (TPSA) is 50.3 Å². The van der Waals surface area contributed by atoms with Crippen molar-refractivity contribution in [2.75, 3.05) is 18.0 Å². The normalized spacial score (nSPS) is 15.6. The molecular weight excluding hydrogens is 414 g/mol. The third kappa shape index (κ3) is 4.18. The molecule has 29 heavy (non-hydrogen) atoms. The number of anilines is 1. The van der Waals surface area contributed by atoms with Gasteiger partial charge in [-0.3, -0.25) is 0 Å². The summed E-state index contributed by atoms with van der Waals surface area (Å²) in [4.78, 5) is 5.91. The second kappa shape index (κ2) is 8.20. The summed E-state index contributed by atoms with van der Waals surface area (Å²) in [5, 5.41) is 2.07. The van der Waals surface area contributed by atoms with E-state index in [0.717, 1.165) is 29.4 Å². The lowest BCUT2D eigenvalue weighted by Crippen LogP contribution is -2.39. The van der Waals surface area contributed by atoms with Gasteiger partial charge in [0.25, 0.3) is 0 Å². The summed E-state index contributed by atoms with van der Waals surface area (Å²) in [6.07, 6.45) is 1.36. The fourth-order valence-corrected chi connectivity index (χ4v) is 6.33.